The van der Waals surface area contributed by atoms with Gasteiger partial charge in [-0.25, -0.2) is 0 Å². The molecule has 1 saturated carbocycles. The fourth-order valence-corrected chi connectivity index (χ4v) is 3.07. The van der Waals surface area contributed by atoms with E-state index < -0.39 is 0 Å². The maximum Gasteiger partial charge on any atom is 0.0911 e. The summed E-state index contributed by atoms with van der Waals surface area (Å²) in [6.07, 6.45) is 4.57. The Morgan fingerprint density at radius 2 is 1.89 bits per heavy atom. The average molecular weight is 252 g/mol. The Labute approximate surface area is 111 Å². The normalized spacial score (nSPS) is 25.9. The van der Waals surface area contributed by atoms with Gasteiger partial charge in [0.25, 0.3) is 0 Å². The number of nitrogens with one attached hydrogen (secondary N) is 1. The lowest BCUT2D eigenvalue weighted by atomic mass is 10.0. The monoisotopic (exact) mass is 252 g/mol. The molecule has 0 radical (unpaired) electrons. The highest BCUT2D eigenvalue weighted by atomic mass is 15.3. The average Bonchev–Trinajstić information content (AvgIpc) is 3.07. The molecule has 4 nitrogen and oxygen atoms in total. The highest BCUT2D eigenvalue weighted by molar-refractivity contribution is 5.78. The summed E-state index contributed by atoms with van der Waals surface area (Å²) in [5, 5.41) is 7.47. The number of nitrogens with zero attached hydrogens (tertiary/aromatic N) is 2. The van der Waals surface area contributed by atoms with Crippen LogP contribution in [0.25, 0.3) is 0 Å². The number of nitrogens with two attached hydrogens (primary N) is 1. The Bertz CT molecular complexity index is 290. The summed E-state index contributed by atoms with van der Waals surface area (Å²) in [6, 6.07) is 0.722. The van der Waals surface area contributed by atoms with Crippen LogP contribution >= 0.6 is 0 Å². The van der Waals surface area contributed by atoms with Crippen molar-refractivity contribution in [3.05, 3.63) is 0 Å². The highest BCUT2D eigenvalue weighted by Gasteiger charge is 2.44. The largest absolute Gasteiger partial charge is 0.388 e. The molecule has 1 aliphatic heterocycles. The molecule has 2 aliphatic rings. The molecule has 1 aliphatic carbocycles. The van der Waals surface area contributed by atoms with Crippen molar-refractivity contribution in [2.45, 2.75) is 45.6 Å². The van der Waals surface area contributed by atoms with Crippen LogP contribution in [0.4, 0.5) is 0 Å². The number of amidine groups is 1. The van der Waals surface area contributed by atoms with Crippen molar-refractivity contribution >= 4 is 5.84 Å². The van der Waals surface area contributed by atoms with Gasteiger partial charge in [-0.1, -0.05) is 6.92 Å². The topological polar surface area (TPSA) is 56.4 Å². The van der Waals surface area contributed by atoms with Gasteiger partial charge in [-0.3, -0.25) is 10.3 Å². The zero-order chi connectivity index (χ0) is 13.2. The quantitative estimate of drug-likeness (QED) is 0.556. The van der Waals surface area contributed by atoms with Crippen LogP contribution < -0.4 is 5.73 Å². The lowest BCUT2D eigenvalue weighted by molar-refractivity contribution is 0.0874. The molecule has 0 amide bonds. The molecule has 0 spiro atoms. The Hall–Kier alpha value is -0.610. The molecular formula is C14H28N4. The van der Waals surface area contributed by atoms with Gasteiger partial charge in [-0.2, -0.15) is 0 Å². The third kappa shape index (κ3) is 3.45. The SMILES string of the molecule is CCC(C)N1CCN(CC2(CC(=N)N)CC2)CC1. The zero-order valence-electron chi connectivity index (χ0n) is 11.9. The van der Waals surface area contributed by atoms with Crippen molar-refractivity contribution in [1.82, 2.24) is 9.80 Å². The lowest BCUT2D eigenvalue weighted by Crippen LogP contribution is -2.50. The second kappa shape index (κ2) is 5.57. The van der Waals surface area contributed by atoms with Gasteiger partial charge < -0.3 is 10.6 Å². The van der Waals surface area contributed by atoms with Gasteiger partial charge in [-0.05, 0) is 31.6 Å². The van der Waals surface area contributed by atoms with Crippen molar-refractivity contribution in [3.8, 4) is 0 Å². The van der Waals surface area contributed by atoms with Crippen LogP contribution in [-0.2, 0) is 0 Å². The number of hydrogen-bond donors (Lipinski definition) is 2. The summed E-state index contributed by atoms with van der Waals surface area (Å²) in [6.45, 7) is 10.5. The summed E-state index contributed by atoms with van der Waals surface area (Å²) < 4.78 is 0. The molecule has 0 aromatic carbocycles. The smallest absolute Gasteiger partial charge is 0.0911 e. The van der Waals surface area contributed by atoms with E-state index in [0.29, 0.717) is 11.3 Å². The molecule has 1 atom stereocenters. The second-order valence-electron chi connectivity index (χ2n) is 6.27. The van der Waals surface area contributed by atoms with Crippen molar-refractivity contribution in [3.63, 3.8) is 0 Å². The van der Waals surface area contributed by atoms with Crippen LogP contribution in [0.1, 0.15) is 39.5 Å². The third-order valence-electron chi connectivity index (χ3n) is 4.70. The summed E-state index contributed by atoms with van der Waals surface area (Å²) >= 11 is 0. The molecule has 1 unspecified atom stereocenters. The molecule has 0 aromatic rings. The minimum Gasteiger partial charge on any atom is -0.388 e. The van der Waals surface area contributed by atoms with Gasteiger partial charge in [0.05, 0.1) is 5.84 Å². The van der Waals surface area contributed by atoms with E-state index in [4.69, 9.17) is 11.1 Å². The van der Waals surface area contributed by atoms with Gasteiger partial charge in [-0.15, -0.1) is 0 Å². The maximum atomic E-state index is 7.47. The van der Waals surface area contributed by atoms with Gasteiger partial charge in [0, 0.05) is 45.2 Å². The van der Waals surface area contributed by atoms with Crippen molar-refractivity contribution in [1.29, 1.82) is 5.41 Å². The summed E-state index contributed by atoms with van der Waals surface area (Å²) in [5.41, 5.74) is 5.93. The predicted molar refractivity (Wildman–Crippen MR) is 76.0 cm³/mol. The highest BCUT2D eigenvalue weighted by Crippen LogP contribution is 2.49. The van der Waals surface area contributed by atoms with E-state index in [1.165, 1.54) is 45.4 Å². The Kier molecular flexibility index (Phi) is 4.28. The maximum absolute atomic E-state index is 7.47. The number of hydrogen-bond acceptors (Lipinski definition) is 3. The summed E-state index contributed by atoms with van der Waals surface area (Å²) in [7, 11) is 0. The van der Waals surface area contributed by atoms with E-state index in [9.17, 15) is 0 Å². The lowest BCUT2D eigenvalue weighted by Gasteiger charge is -2.39. The van der Waals surface area contributed by atoms with Gasteiger partial charge in [0.15, 0.2) is 0 Å². The van der Waals surface area contributed by atoms with Crippen LogP contribution in [0, 0.1) is 10.8 Å². The summed E-state index contributed by atoms with van der Waals surface area (Å²) in [5.74, 6) is 0.366. The van der Waals surface area contributed by atoms with E-state index in [-0.39, 0.29) is 0 Å². The molecule has 18 heavy (non-hydrogen) atoms. The first-order valence-corrected chi connectivity index (χ1v) is 7.34. The minimum atomic E-state index is 0.365. The first kappa shape index (κ1) is 13.8. The van der Waals surface area contributed by atoms with Crippen molar-refractivity contribution in [2.75, 3.05) is 32.7 Å². The second-order valence-corrected chi connectivity index (χ2v) is 6.27. The first-order chi connectivity index (χ1) is 8.54. The molecule has 0 aromatic heterocycles. The molecule has 0 bridgehead atoms. The first-order valence-electron chi connectivity index (χ1n) is 7.34. The van der Waals surface area contributed by atoms with Gasteiger partial charge in [0.1, 0.15) is 0 Å². The number of rotatable bonds is 6. The van der Waals surface area contributed by atoms with Crippen LogP contribution in [-0.4, -0.2) is 54.4 Å². The summed E-state index contributed by atoms with van der Waals surface area (Å²) in [4.78, 5) is 5.18. The predicted octanol–water partition coefficient (Wildman–Crippen LogP) is 1.51. The van der Waals surface area contributed by atoms with Crippen molar-refractivity contribution in [2.24, 2.45) is 11.1 Å². The zero-order valence-corrected chi connectivity index (χ0v) is 11.9. The fraction of sp³-hybridized carbons (Fsp3) is 0.929. The van der Waals surface area contributed by atoms with E-state index >= 15 is 0 Å². The third-order valence-corrected chi connectivity index (χ3v) is 4.70. The van der Waals surface area contributed by atoms with Crippen molar-refractivity contribution < 1.29 is 0 Å². The van der Waals surface area contributed by atoms with Crippen LogP contribution in [0.5, 0.6) is 0 Å². The molecular weight excluding hydrogens is 224 g/mol. The van der Waals surface area contributed by atoms with E-state index in [2.05, 4.69) is 23.6 Å². The van der Waals surface area contributed by atoms with E-state index in [1.54, 1.807) is 0 Å². The fourth-order valence-electron chi connectivity index (χ4n) is 3.07. The Morgan fingerprint density at radius 3 is 2.33 bits per heavy atom. The molecule has 2 rings (SSSR count). The molecule has 4 heteroatoms. The van der Waals surface area contributed by atoms with E-state index in [0.717, 1.165) is 19.0 Å². The Morgan fingerprint density at radius 1 is 1.28 bits per heavy atom. The standard InChI is InChI=1S/C14H28N4/c1-3-12(2)18-8-6-17(7-9-18)11-14(4-5-14)10-13(15)16/h12H,3-11H2,1-2H3,(H3,15,16). The molecule has 1 saturated heterocycles. The molecule has 3 N–H and O–H groups in total. The van der Waals surface area contributed by atoms with E-state index in [1.807, 2.05) is 0 Å². The van der Waals surface area contributed by atoms with Gasteiger partial charge in [0.2, 0.25) is 0 Å². The van der Waals surface area contributed by atoms with Crippen LogP contribution in [0.15, 0.2) is 0 Å². The minimum absolute atomic E-state index is 0.365. The number of piperazine rings is 1. The van der Waals surface area contributed by atoms with Gasteiger partial charge >= 0.3 is 0 Å². The molecule has 2 fully saturated rings. The molecule has 1 heterocycles. The van der Waals surface area contributed by atoms with Crippen LogP contribution in [0.2, 0.25) is 0 Å². The molecule has 104 valence electrons. The Balaban J connectivity index is 1.75. The van der Waals surface area contributed by atoms with Crippen LogP contribution in [0.3, 0.4) is 0 Å².